The summed E-state index contributed by atoms with van der Waals surface area (Å²) >= 11 is 3.47. The third-order valence-corrected chi connectivity index (χ3v) is 3.75. The van der Waals surface area contributed by atoms with E-state index in [0.29, 0.717) is 6.04 Å². The smallest absolute Gasteiger partial charge is 0.0945 e. The number of imidazole rings is 1. The molecule has 2 rings (SSSR count). The van der Waals surface area contributed by atoms with E-state index in [-0.39, 0.29) is 0 Å². The van der Waals surface area contributed by atoms with Crippen LogP contribution < -0.4 is 5.32 Å². The third kappa shape index (κ3) is 4.48. The molecule has 0 saturated heterocycles. The van der Waals surface area contributed by atoms with Crippen LogP contribution in [0.2, 0.25) is 0 Å². The average molecular weight is 322 g/mol. The Kier molecular flexibility index (Phi) is 5.61. The first-order valence-electron chi connectivity index (χ1n) is 6.74. The van der Waals surface area contributed by atoms with E-state index >= 15 is 0 Å². The summed E-state index contributed by atoms with van der Waals surface area (Å²) in [6, 6.07) is 9.01. The van der Waals surface area contributed by atoms with Gasteiger partial charge in [0.15, 0.2) is 0 Å². The monoisotopic (exact) mass is 321 g/mol. The van der Waals surface area contributed by atoms with Crippen LogP contribution in [-0.2, 0) is 6.54 Å². The van der Waals surface area contributed by atoms with Crippen LogP contribution in [0.25, 0.3) is 0 Å². The number of nitrogens with zero attached hydrogens (tertiary/aromatic N) is 2. The van der Waals surface area contributed by atoms with E-state index in [1.165, 1.54) is 5.56 Å². The molecule has 102 valence electrons. The van der Waals surface area contributed by atoms with Crippen LogP contribution in [0.15, 0.2) is 47.5 Å². The Morgan fingerprint density at radius 1 is 1.32 bits per heavy atom. The predicted molar refractivity (Wildman–Crippen MR) is 82.0 cm³/mol. The van der Waals surface area contributed by atoms with E-state index in [1.807, 2.05) is 18.7 Å². The molecule has 0 spiro atoms. The molecule has 0 amide bonds. The maximum atomic E-state index is 4.05. The topological polar surface area (TPSA) is 29.9 Å². The lowest BCUT2D eigenvalue weighted by Crippen LogP contribution is -2.22. The first-order valence-corrected chi connectivity index (χ1v) is 7.53. The van der Waals surface area contributed by atoms with Gasteiger partial charge in [0.1, 0.15) is 0 Å². The van der Waals surface area contributed by atoms with E-state index in [2.05, 4.69) is 62.0 Å². The fourth-order valence-electron chi connectivity index (χ4n) is 2.15. The SMILES string of the molecule is CCC(NCCCn1ccnc1)c1ccc(Br)cc1. The second-order valence-electron chi connectivity index (χ2n) is 4.62. The molecule has 2 aromatic rings. The summed E-state index contributed by atoms with van der Waals surface area (Å²) in [5.41, 5.74) is 1.35. The van der Waals surface area contributed by atoms with E-state index in [4.69, 9.17) is 0 Å². The summed E-state index contributed by atoms with van der Waals surface area (Å²) in [6.07, 6.45) is 7.91. The number of aryl methyl sites for hydroxylation is 1. The van der Waals surface area contributed by atoms with E-state index in [1.54, 1.807) is 0 Å². The van der Waals surface area contributed by atoms with Crippen molar-refractivity contribution in [3.8, 4) is 0 Å². The van der Waals surface area contributed by atoms with Gasteiger partial charge in [-0.2, -0.15) is 0 Å². The highest BCUT2D eigenvalue weighted by molar-refractivity contribution is 9.10. The van der Waals surface area contributed by atoms with E-state index in [0.717, 1.165) is 30.4 Å². The Morgan fingerprint density at radius 2 is 2.11 bits per heavy atom. The number of aromatic nitrogens is 2. The largest absolute Gasteiger partial charge is 0.337 e. The molecule has 1 aromatic carbocycles. The van der Waals surface area contributed by atoms with Crippen molar-refractivity contribution in [3.05, 3.63) is 53.0 Å². The molecule has 0 aliphatic heterocycles. The number of benzene rings is 1. The van der Waals surface area contributed by atoms with Gasteiger partial charge in [-0.15, -0.1) is 0 Å². The van der Waals surface area contributed by atoms with Crippen LogP contribution in [0.1, 0.15) is 31.4 Å². The van der Waals surface area contributed by atoms with Gasteiger partial charge < -0.3 is 9.88 Å². The number of rotatable bonds is 7. The first-order chi connectivity index (χ1) is 9.29. The molecular formula is C15H20BrN3. The molecule has 0 aliphatic carbocycles. The minimum Gasteiger partial charge on any atom is -0.337 e. The van der Waals surface area contributed by atoms with Gasteiger partial charge in [-0.3, -0.25) is 0 Å². The van der Waals surface area contributed by atoms with Crippen molar-refractivity contribution in [3.63, 3.8) is 0 Å². The molecule has 1 N–H and O–H groups in total. The van der Waals surface area contributed by atoms with Gasteiger partial charge in [-0.25, -0.2) is 4.98 Å². The first kappa shape index (κ1) is 14.3. The van der Waals surface area contributed by atoms with Crippen molar-refractivity contribution >= 4 is 15.9 Å². The van der Waals surface area contributed by atoms with Crippen molar-refractivity contribution < 1.29 is 0 Å². The zero-order valence-electron chi connectivity index (χ0n) is 11.2. The van der Waals surface area contributed by atoms with Gasteiger partial charge in [0, 0.05) is 29.5 Å². The minimum absolute atomic E-state index is 0.441. The third-order valence-electron chi connectivity index (χ3n) is 3.22. The van der Waals surface area contributed by atoms with Crippen molar-refractivity contribution in [2.24, 2.45) is 0 Å². The maximum absolute atomic E-state index is 4.05. The molecule has 0 bridgehead atoms. The summed E-state index contributed by atoms with van der Waals surface area (Å²) in [7, 11) is 0. The number of nitrogens with one attached hydrogen (secondary N) is 1. The molecule has 3 nitrogen and oxygen atoms in total. The Bertz CT molecular complexity index is 465. The van der Waals surface area contributed by atoms with Gasteiger partial charge in [0.2, 0.25) is 0 Å². The molecule has 1 aromatic heterocycles. The summed E-state index contributed by atoms with van der Waals surface area (Å²) < 4.78 is 3.24. The molecule has 19 heavy (non-hydrogen) atoms. The molecule has 4 heteroatoms. The predicted octanol–water partition coefficient (Wildman–Crippen LogP) is 3.78. The summed E-state index contributed by atoms with van der Waals surface area (Å²) in [4.78, 5) is 4.05. The maximum Gasteiger partial charge on any atom is 0.0945 e. The zero-order chi connectivity index (χ0) is 13.5. The molecular weight excluding hydrogens is 302 g/mol. The van der Waals surface area contributed by atoms with Crippen LogP contribution in [0.5, 0.6) is 0 Å². The number of halogens is 1. The molecule has 0 aliphatic rings. The van der Waals surface area contributed by atoms with E-state index < -0.39 is 0 Å². The van der Waals surface area contributed by atoms with Crippen LogP contribution in [0.4, 0.5) is 0 Å². The van der Waals surface area contributed by atoms with Crippen molar-refractivity contribution in [1.29, 1.82) is 0 Å². The summed E-state index contributed by atoms with van der Waals surface area (Å²) in [5, 5.41) is 3.62. The Labute approximate surface area is 123 Å². The van der Waals surface area contributed by atoms with Crippen molar-refractivity contribution in [2.75, 3.05) is 6.54 Å². The molecule has 1 unspecified atom stereocenters. The minimum atomic E-state index is 0.441. The van der Waals surface area contributed by atoms with Crippen LogP contribution >= 0.6 is 15.9 Å². The van der Waals surface area contributed by atoms with Gasteiger partial charge in [-0.1, -0.05) is 35.0 Å². The lowest BCUT2D eigenvalue weighted by molar-refractivity contribution is 0.491. The van der Waals surface area contributed by atoms with Crippen LogP contribution in [0.3, 0.4) is 0 Å². The molecule has 1 heterocycles. The quantitative estimate of drug-likeness (QED) is 0.786. The molecule has 0 saturated carbocycles. The van der Waals surface area contributed by atoms with Gasteiger partial charge in [0.05, 0.1) is 6.33 Å². The Hall–Kier alpha value is -1.13. The van der Waals surface area contributed by atoms with Gasteiger partial charge in [-0.05, 0) is 37.1 Å². The second-order valence-corrected chi connectivity index (χ2v) is 5.54. The van der Waals surface area contributed by atoms with E-state index in [9.17, 15) is 0 Å². The lowest BCUT2D eigenvalue weighted by Gasteiger charge is -2.17. The number of hydrogen-bond acceptors (Lipinski definition) is 2. The second kappa shape index (κ2) is 7.46. The molecule has 0 fully saturated rings. The highest BCUT2D eigenvalue weighted by atomic mass is 79.9. The summed E-state index contributed by atoms with van der Waals surface area (Å²) in [5.74, 6) is 0. The average Bonchev–Trinajstić information content (AvgIpc) is 2.93. The Morgan fingerprint density at radius 3 is 2.74 bits per heavy atom. The van der Waals surface area contributed by atoms with Gasteiger partial charge in [0.25, 0.3) is 0 Å². The fraction of sp³-hybridized carbons (Fsp3) is 0.400. The normalized spacial score (nSPS) is 12.5. The highest BCUT2D eigenvalue weighted by Crippen LogP contribution is 2.19. The van der Waals surface area contributed by atoms with Crippen LogP contribution in [0, 0.1) is 0 Å². The summed E-state index contributed by atoms with van der Waals surface area (Å²) in [6.45, 7) is 4.26. The van der Waals surface area contributed by atoms with Crippen molar-refractivity contribution in [2.45, 2.75) is 32.4 Å². The number of hydrogen-bond donors (Lipinski definition) is 1. The fourth-order valence-corrected chi connectivity index (χ4v) is 2.41. The van der Waals surface area contributed by atoms with Crippen molar-refractivity contribution in [1.82, 2.24) is 14.9 Å². The zero-order valence-corrected chi connectivity index (χ0v) is 12.8. The van der Waals surface area contributed by atoms with Gasteiger partial charge >= 0.3 is 0 Å². The van der Waals surface area contributed by atoms with Crippen LogP contribution in [-0.4, -0.2) is 16.1 Å². The standard InChI is InChI=1S/C15H20BrN3/c1-2-15(13-4-6-14(16)7-5-13)18-8-3-10-19-11-9-17-12-19/h4-7,9,11-12,15,18H,2-3,8,10H2,1H3. The Balaban J connectivity index is 1.77. The highest BCUT2D eigenvalue weighted by Gasteiger charge is 2.07. The molecule has 1 atom stereocenters. The molecule has 0 radical (unpaired) electrons. The lowest BCUT2D eigenvalue weighted by atomic mass is 10.0.